The molecule has 12 heavy (non-hydrogen) atoms. The number of rotatable bonds is 2. The Balaban J connectivity index is 2.78. The number of allylic oxidation sites excluding steroid dienone is 4. The summed E-state index contributed by atoms with van der Waals surface area (Å²) in [4.78, 5) is 0. The van der Waals surface area contributed by atoms with Gasteiger partial charge in [-0.1, -0.05) is 50.5 Å². The lowest BCUT2D eigenvalue weighted by Crippen LogP contribution is -2.12. The van der Waals surface area contributed by atoms with E-state index >= 15 is 0 Å². The molecule has 0 atom stereocenters. The number of hydrogen-bond donors (Lipinski definition) is 0. The summed E-state index contributed by atoms with van der Waals surface area (Å²) in [5.74, 6) is 0. The second kappa shape index (κ2) is 3.47. The molecule has 1 aliphatic carbocycles. The van der Waals surface area contributed by atoms with Gasteiger partial charge in [-0.05, 0) is 25.2 Å². The molecule has 68 valence electrons. The molecule has 0 bridgehead atoms. The summed E-state index contributed by atoms with van der Waals surface area (Å²) in [5.41, 5.74) is 3.46. The highest BCUT2D eigenvalue weighted by molar-refractivity contribution is 5.30. The van der Waals surface area contributed by atoms with E-state index in [1.807, 2.05) is 0 Å². The maximum Gasteiger partial charge on any atom is -0.0132 e. The Morgan fingerprint density at radius 3 is 2.58 bits per heavy atom. The summed E-state index contributed by atoms with van der Waals surface area (Å²) >= 11 is 0. The molecule has 0 heteroatoms. The van der Waals surface area contributed by atoms with Crippen LogP contribution in [0.4, 0.5) is 0 Å². The van der Waals surface area contributed by atoms with E-state index in [4.69, 9.17) is 0 Å². The predicted octanol–water partition coefficient (Wildman–Crippen LogP) is 4.09. The lowest BCUT2D eigenvalue weighted by Gasteiger charge is -2.26. The van der Waals surface area contributed by atoms with E-state index in [1.165, 1.54) is 30.4 Å². The van der Waals surface area contributed by atoms with Gasteiger partial charge in [-0.3, -0.25) is 0 Å². The topological polar surface area (TPSA) is 0 Å². The molecule has 0 saturated carbocycles. The van der Waals surface area contributed by atoms with Crippen LogP contribution in [-0.2, 0) is 0 Å². The third kappa shape index (κ3) is 2.51. The van der Waals surface area contributed by atoms with Gasteiger partial charge < -0.3 is 0 Å². The highest BCUT2D eigenvalue weighted by atomic mass is 14.2. The van der Waals surface area contributed by atoms with Crippen LogP contribution in [0.2, 0.25) is 0 Å². The summed E-state index contributed by atoms with van der Waals surface area (Å²) in [6.07, 6.45) is 8.50. The van der Waals surface area contributed by atoms with Crippen molar-refractivity contribution >= 4 is 0 Å². The summed E-state index contributed by atoms with van der Waals surface area (Å²) in [6, 6.07) is 0. The Morgan fingerprint density at radius 1 is 1.42 bits per heavy atom. The first-order valence-electron chi connectivity index (χ1n) is 4.92. The fraction of sp³-hybridized carbons (Fsp3) is 0.667. The molecule has 0 spiro atoms. The molecule has 0 aliphatic heterocycles. The van der Waals surface area contributed by atoms with Gasteiger partial charge in [0, 0.05) is 0 Å². The Bertz CT molecular complexity index is 216. The van der Waals surface area contributed by atoms with Crippen LogP contribution in [0.15, 0.2) is 23.3 Å². The van der Waals surface area contributed by atoms with Gasteiger partial charge in [0.25, 0.3) is 0 Å². The molecule has 0 N–H and O–H groups in total. The van der Waals surface area contributed by atoms with Crippen molar-refractivity contribution in [1.82, 2.24) is 0 Å². The molecule has 0 unspecified atom stereocenters. The lowest BCUT2D eigenvalue weighted by molar-refractivity contribution is 0.464. The van der Waals surface area contributed by atoms with Crippen LogP contribution < -0.4 is 0 Å². The highest BCUT2D eigenvalue weighted by Crippen LogP contribution is 2.34. The van der Waals surface area contributed by atoms with Crippen molar-refractivity contribution in [3.8, 4) is 0 Å². The first-order chi connectivity index (χ1) is 5.53. The van der Waals surface area contributed by atoms with E-state index in [-0.39, 0.29) is 0 Å². The highest BCUT2D eigenvalue weighted by Gasteiger charge is 2.19. The lowest BCUT2D eigenvalue weighted by atomic mass is 9.79. The molecular weight excluding hydrogens is 144 g/mol. The molecule has 0 heterocycles. The molecule has 0 aromatic rings. The third-order valence-corrected chi connectivity index (χ3v) is 2.28. The Labute approximate surface area is 76.4 Å². The first-order valence-corrected chi connectivity index (χ1v) is 4.92. The zero-order valence-electron chi connectivity index (χ0n) is 8.78. The van der Waals surface area contributed by atoms with Crippen molar-refractivity contribution in [2.45, 2.75) is 47.0 Å². The molecule has 0 aromatic carbocycles. The third-order valence-electron chi connectivity index (χ3n) is 2.28. The SMILES string of the molecule is CCCC1=CC(C)(C)CC(C)=C1. The summed E-state index contributed by atoms with van der Waals surface area (Å²) in [6.45, 7) is 9.12. The zero-order chi connectivity index (χ0) is 9.19. The van der Waals surface area contributed by atoms with Crippen LogP contribution in [0.25, 0.3) is 0 Å². The molecular formula is C12H20. The van der Waals surface area contributed by atoms with Crippen LogP contribution in [-0.4, -0.2) is 0 Å². The zero-order valence-corrected chi connectivity index (χ0v) is 8.78. The Kier molecular flexibility index (Phi) is 2.76. The van der Waals surface area contributed by atoms with Crippen LogP contribution >= 0.6 is 0 Å². The van der Waals surface area contributed by atoms with E-state index < -0.39 is 0 Å². The first kappa shape index (κ1) is 9.57. The predicted molar refractivity (Wildman–Crippen MR) is 55.1 cm³/mol. The van der Waals surface area contributed by atoms with Gasteiger partial charge in [-0.25, -0.2) is 0 Å². The quantitative estimate of drug-likeness (QED) is 0.576. The fourth-order valence-electron chi connectivity index (χ4n) is 2.11. The monoisotopic (exact) mass is 164 g/mol. The number of hydrogen-bond acceptors (Lipinski definition) is 0. The molecule has 0 amide bonds. The second-order valence-electron chi connectivity index (χ2n) is 4.63. The van der Waals surface area contributed by atoms with Crippen molar-refractivity contribution in [2.75, 3.05) is 0 Å². The van der Waals surface area contributed by atoms with Crippen LogP contribution in [0, 0.1) is 5.41 Å². The van der Waals surface area contributed by atoms with Crippen molar-refractivity contribution < 1.29 is 0 Å². The van der Waals surface area contributed by atoms with E-state index in [0.717, 1.165) is 0 Å². The van der Waals surface area contributed by atoms with E-state index in [2.05, 4.69) is 39.8 Å². The van der Waals surface area contributed by atoms with E-state index in [0.29, 0.717) is 5.41 Å². The van der Waals surface area contributed by atoms with Crippen LogP contribution in [0.1, 0.15) is 47.0 Å². The molecule has 0 fully saturated rings. The van der Waals surface area contributed by atoms with Crippen LogP contribution in [0.3, 0.4) is 0 Å². The fourth-order valence-corrected chi connectivity index (χ4v) is 2.11. The van der Waals surface area contributed by atoms with Crippen LogP contribution in [0.5, 0.6) is 0 Å². The van der Waals surface area contributed by atoms with Crippen molar-refractivity contribution in [1.29, 1.82) is 0 Å². The molecule has 1 rings (SSSR count). The minimum atomic E-state index is 0.392. The van der Waals surface area contributed by atoms with Gasteiger partial charge in [-0.2, -0.15) is 0 Å². The molecule has 0 saturated heterocycles. The average Bonchev–Trinajstić information content (AvgIpc) is 1.82. The smallest absolute Gasteiger partial charge is 0.0132 e. The van der Waals surface area contributed by atoms with Gasteiger partial charge in [0.05, 0.1) is 0 Å². The van der Waals surface area contributed by atoms with Crippen molar-refractivity contribution in [3.05, 3.63) is 23.3 Å². The van der Waals surface area contributed by atoms with Gasteiger partial charge in [-0.15, -0.1) is 0 Å². The van der Waals surface area contributed by atoms with E-state index in [9.17, 15) is 0 Å². The van der Waals surface area contributed by atoms with Gasteiger partial charge in [0.1, 0.15) is 0 Å². The minimum Gasteiger partial charge on any atom is -0.0753 e. The maximum absolute atomic E-state index is 2.43. The van der Waals surface area contributed by atoms with Crippen molar-refractivity contribution in [3.63, 3.8) is 0 Å². The van der Waals surface area contributed by atoms with Gasteiger partial charge in [0.15, 0.2) is 0 Å². The van der Waals surface area contributed by atoms with Crippen molar-refractivity contribution in [2.24, 2.45) is 5.41 Å². The maximum atomic E-state index is 2.43. The minimum absolute atomic E-state index is 0.392. The normalized spacial score (nSPS) is 21.7. The van der Waals surface area contributed by atoms with Gasteiger partial charge >= 0.3 is 0 Å². The summed E-state index contributed by atoms with van der Waals surface area (Å²) in [7, 11) is 0. The summed E-state index contributed by atoms with van der Waals surface area (Å²) in [5, 5.41) is 0. The average molecular weight is 164 g/mol. The summed E-state index contributed by atoms with van der Waals surface area (Å²) < 4.78 is 0. The molecule has 0 aromatic heterocycles. The molecule has 1 aliphatic rings. The van der Waals surface area contributed by atoms with Gasteiger partial charge in [0.2, 0.25) is 0 Å². The Hall–Kier alpha value is -0.520. The molecule has 0 nitrogen and oxygen atoms in total. The second-order valence-corrected chi connectivity index (χ2v) is 4.63. The molecule has 0 radical (unpaired) electrons. The standard InChI is InChI=1S/C12H20/c1-5-6-11-7-10(2)8-12(3,4)9-11/h7,9H,5-6,8H2,1-4H3. The largest absolute Gasteiger partial charge is 0.0753 e. The Morgan fingerprint density at radius 2 is 2.08 bits per heavy atom. The van der Waals surface area contributed by atoms with E-state index in [1.54, 1.807) is 0 Å².